The molecule has 3 aromatic rings. The summed E-state index contributed by atoms with van der Waals surface area (Å²) in [5.74, 6) is -0.210. The molecule has 1 amide bonds. The number of anilines is 1. The average Bonchev–Trinajstić information content (AvgIpc) is 3.13. The van der Waals surface area contributed by atoms with Crippen LogP contribution in [0.15, 0.2) is 49.1 Å². The Kier molecular flexibility index (Phi) is 2.77. The second-order valence-electron chi connectivity index (χ2n) is 3.81. The highest BCUT2D eigenvalue weighted by Crippen LogP contribution is 2.12. The first-order valence-electron chi connectivity index (χ1n) is 5.60. The zero-order valence-corrected chi connectivity index (χ0v) is 9.82. The number of benzene rings is 1. The van der Waals surface area contributed by atoms with Crippen molar-refractivity contribution in [3.05, 3.63) is 54.6 Å². The first-order chi connectivity index (χ1) is 9.33. The van der Waals surface area contributed by atoms with Crippen molar-refractivity contribution in [1.29, 1.82) is 0 Å². The summed E-state index contributed by atoms with van der Waals surface area (Å²) in [5, 5.41) is 17.1. The zero-order chi connectivity index (χ0) is 13.1. The lowest BCUT2D eigenvalue weighted by Gasteiger charge is -2.04. The van der Waals surface area contributed by atoms with Gasteiger partial charge in [0.1, 0.15) is 0 Å². The fraction of sp³-hybridized carbons (Fsp3) is 0. The molecule has 0 fully saturated rings. The van der Waals surface area contributed by atoms with Gasteiger partial charge in [-0.15, -0.1) is 0 Å². The SMILES string of the molecule is O=C(Nc1ccc(-n2nccn2)cc1)c1cn[nH]c1. The molecule has 0 spiro atoms. The topological polar surface area (TPSA) is 88.5 Å². The maximum atomic E-state index is 11.8. The van der Waals surface area contributed by atoms with E-state index in [0.717, 1.165) is 5.69 Å². The smallest absolute Gasteiger partial charge is 0.258 e. The molecule has 0 saturated heterocycles. The minimum atomic E-state index is -0.210. The molecular formula is C12H10N6O. The van der Waals surface area contributed by atoms with E-state index in [1.807, 2.05) is 12.1 Å². The van der Waals surface area contributed by atoms with Gasteiger partial charge in [-0.1, -0.05) is 0 Å². The lowest BCUT2D eigenvalue weighted by molar-refractivity contribution is 0.102. The van der Waals surface area contributed by atoms with Crippen LogP contribution in [0.1, 0.15) is 10.4 Å². The molecule has 94 valence electrons. The third kappa shape index (κ3) is 2.34. The number of H-pyrrole nitrogens is 1. The van der Waals surface area contributed by atoms with Crippen LogP contribution >= 0.6 is 0 Å². The van der Waals surface area contributed by atoms with Gasteiger partial charge in [0.25, 0.3) is 5.91 Å². The van der Waals surface area contributed by atoms with Gasteiger partial charge < -0.3 is 5.32 Å². The Labute approximate surface area is 108 Å². The van der Waals surface area contributed by atoms with Crippen LogP contribution < -0.4 is 5.32 Å². The first-order valence-corrected chi connectivity index (χ1v) is 5.60. The highest BCUT2D eigenvalue weighted by molar-refractivity contribution is 6.03. The second kappa shape index (κ2) is 4.73. The van der Waals surface area contributed by atoms with Gasteiger partial charge in [0.05, 0.1) is 29.8 Å². The van der Waals surface area contributed by atoms with E-state index >= 15 is 0 Å². The Balaban J connectivity index is 1.75. The lowest BCUT2D eigenvalue weighted by Crippen LogP contribution is -2.11. The highest BCUT2D eigenvalue weighted by atomic mass is 16.1. The molecular weight excluding hydrogens is 244 g/mol. The molecule has 0 bridgehead atoms. The number of hydrogen-bond donors (Lipinski definition) is 2. The van der Waals surface area contributed by atoms with E-state index in [1.54, 1.807) is 24.5 Å². The molecule has 2 heterocycles. The van der Waals surface area contributed by atoms with Gasteiger partial charge in [-0.2, -0.15) is 20.1 Å². The van der Waals surface area contributed by atoms with Crippen LogP contribution in [0.3, 0.4) is 0 Å². The summed E-state index contributed by atoms with van der Waals surface area (Å²) >= 11 is 0. The monoisotopic (exact) mass is 254 g/mol. The summed E-state index contributed by atoms with van der Waals surface area (Å²) in [5.41, 5.74) is 2.01. The quantitative estimate of drug-likeness (QED) is 0.736. The number of carbonyl (C=O) groups excluding carboxylic acids is 1. The molecule has 2 N–H and O–H groups in total. The van der Waals surface area contributed by atoms with E-state index in [0.29, 0.717) is 11.3 Å². The van der Waals surface area contributed by atoms with Crippen molar-refractivity contribution >= 4 is 11.6 Å². The molecule has 2 aromatic heterocycles. The number of aromatic amines is 1. The molecule has 0 saturated carbocycles. The molecule has 7 heteroatoms. The number of hydrogen-bond acceptors (Lipinski definition) is 4. The van der Waals surface area contributed by atoms with E-state index in [9.17, 15) is 4.79 Å². The molecule has 0 aliphatic rings. The fourth-order valence-corrected chi connectivity index (χ4v) is 1.61. The molecule has 7 nitrogen and oxygen atoms in total. The van der Waals surface area contributed by atoms with Gasteiger partial charge in [-0.3, -0.25) is 9.89 Å². The first kappa shape index (κ1) is 11.1. The van der Waals surface area contributed by atoms with Crippen LogP contribution in [0.4, 0.5) is 5.69 Å². The zero-order valence-electron chi connectivity index (χ0n) is 9.82. The maximum absolute atomic E-state index is 11.8. The molecule has 0 aliphatic carbocycles. The number of carbonyl (C=O) groups is 1. The normalized spacial score (nSPS) is 10.3. The number of amides is 1. The van der Waals surface area contributed by atoms with Gasteiger partial charge >= 0.3 is 0 Å². The van der Waals surface area contributed by atoms with Crippen molar-refractivity contribution in [2.75, 3.05) is 5.32 Å². The summed E-state index contributed by atoms with van der Waals surface area (Å²) in [4.78, 5) is 13.3. The third-order valence-electron chi connectivity index (χ3n) is 2.54. The standard InChI is InChI=1S/C12H10N6O/c19-12(9-7-13-14-8-9)17-10-1-3-11(4-2-10)18-15-5-6-16-18/h1-8H,(H,13,14)(H,17,19). The van der Waals surface area contributed by atoms with Crippen LogP contribution in [0.5, 0.6) is 0 Å². The third-order valence-corrected chi connectivity index (χ3v) is 2.54. The molecule has 19 heavy (non-hydrogen) atoms. The number of nitrogens with zero attached hydrogens (tertiary/aromatic N) is 4. The van der Waals surface area contributed by atoms with E-state index in [4.69, 9.17) is 0 Å². The van der Waals surface area contributed by atoms with Crippen LogP contribution in [0.2, 0.25) is 0 Å². The van der Waals surface area contributed by atoms with Crippen molar-refractivity contribution in [2.45, 2.75) is 0 Å². The predicted molar refractivity (Wildman–Crippen MR) is 67.9 cm³/mol. The van der Waals surface area contributed by atoms with Crippen molar-refractivity contribution in [3.8, 4) is 5.69 Å². The molecule has 0 radical (unpaired) electrons. The Morgan fingerprint density at radius 2 is 1.89 bits per heavy atom. The number of nitrogens with one attached hydrogen (secondary N) is 2. The van der Waals surface area contributed by atoms with E-state index in [-0.39, 0.29) is 5.91 Å². The lowest BCUT2D eigenvalue weighted by atomic mass is 10.2. The van der Waals surface area contributed by atoms with Gasteiger partial charge in [-0.05, 0) is 24.3 Å². The largest absolute Gasteiger partial charge is 0.322 e. The van der Waals surface area contributed by atoms with Crippen LogP contribution in [0.25, 0.3) is 5.69 Å². The van der Waals surface area contributed by atoms with E-state index in [1.165, 1.54) is 17.2 Å². The Bertz CT molecular complexity index is 657. The fourth-order valence-electron chi connectivity index (χ4n) is 1.61. The minimum Gasteiger partial charge on any atom is -0.322 e. The molecule has 3 rings (SSSR count). The predicted octanol–water partition coefficient (Wildman–Crippen LogP) is 1.24. The van der Waals surface area contributed by atoms with Crippen molar-refractivity contribution in [2.24, 2.45) is 0 Å². The molecule has 0 aliphatic heterocycles. The Morgan fingerprint density at radius 1 is 1.16 bits per heavy atom. The highest BCUT2D eigenvalue weighted by Gasteiger charge is 2.06. The van der Waals surface area contributed by atoms with Crippen LogP contribution in [0, 0.1) is 0 Å². The van der Waals surface area contributed by atoms with E-state index < -0.39 is 0 Å². The van der Waals surface area contributed by atoms with Gasteiger partial charge in [0.2, 0.25) is 0 Å². The van der Waals surface area contributed by atoms with Crippen molar-refractivity contribution in [1.82, 2.24) is 25.2 Å². The minimum absolute atomic E-state index is 0.210. The van der Waals surface area contributed by atoms with Crippen molar-refractivity contribution < 1.29 is 4.79 Å². The van der Waals surface area contributed by atoms with Gasteiger partial charge in [-0.25, -0.2) is 0 Å². The summed E-state index contributed by atoms with van der Waals surface area (Å²) in [6, 6.07) is 7.23. The summed E-state index contributed by atoms with van der Waals surface area (Å²) in [6.45, 7) is 0. The Hall–Kier alpha value is -2.96. The summed E-state index contributed by atoms with van der Waals surface area (Å²) in [7, 11) is 0. The summed E-state index contributed by atoms with van der Waals surface area (Å²) < 4.78 is 0. The summed E-state index contributed by atoms with van der Waals surface area (Å²) in [6.07, 6.45) is 6.22. The van der Waals surface area contributed by atoms with Crippen molar-refractivity contribution in [3.63, 3.8) is 0 Å². The number of rotatable bonds is 3. The Morgan fingerprint density at radius 3 is 2.53 bits per heavy atom. The van der Waals surface area contributed by atoms with Gasteiger partial charge in [0.15, 0.2) is 0 Å². The molecule has 0 atom stereocenters. The molecule has 1 aromatic carbocycles. The van der Waals surface area contributed by atoms with Crippen LogP contribution in [-0.2, 0) is 0 Å². The van der Waals surface area contributed by atoms with Gasteiger partial charge in [0, 0.05) is 11.9 Å². The molecule has 0 unspecified atom stereocenters. The number of aromatic nitrogens is 5. The van der Waals surface area contributed by atoms with E-state index in [2.05, 4.69) is 25.7 Å². The average molecular weight is 254 g/mol. The van der Waals surface area contributed by atoms with Crippen LogP contribution in [-0.4, -0.2) is 31.1 Å². The maximum Gasteiger partial charge on any atom is 0.258 e. The second-order valence-corrected chi connectivity index (χ2v) is 3.81.